The van der Waals surface area contributed by atoms with Crippen molar-refractivity contribution < 1.29 is 29.4 Å². The Morgan fingerprint density at radius 1 is 0.811 bits per heavy atom. The van der Waals surface area contributed by atoms with Gasteiger partial charge in [-0.25, -0.2) is 0 Å². The van der Waals surface area contributed by atoms with Gasteiger partial charge in [0, 0.05) is 44.6 Å². The number of thiophene rings is 2. The zero-order valence-electron chi connectivity index (χ0n) is 20.5. The second-order valence-electron chi connectivity index (χ2n) is 8.43. The van der Waals surface area contributed by atoms with Crippen LogP contribution in [0.3, 0.4) is 0 Å². The Bertz CT molecular complexity index is 1320. The van der Waals surface area contributed by atoms with Gasteiger partial charge in [-0.2, -0.15) is 0 Å². The highest BCUT2D eigenvalue weighted by Crippen LogP contribution is 2.37. The number of nitrogens with one attached hydrogen (secondary N) is 2. The molecule has 2 aromatic heterocycles. The lowest BCUT2D eigenvalue weighted by Crippen LogP contribution is -2.64. The first-order valence-electron chi connectivity index (χ1n) is 10.9. The van der Waals surface area contributed by atoms with E-state index in [0.29, 0.717) is 0 Å². The fourth-order valence-electron chi connectivity index (χ4n) is 3.27. The third-order valence-electron chi connectivity index (χ3n) is 5.35. The van der Waals surface area contributed by atoms with Gasteiger partial charge < -0.3 is 36.4 Å². The summed E-state index contributed by atoms with van der Waals surface area (Å²) >= 11 is 2.27. The number of ketones is 2. The van der Waals surface area contributed by atoms with E-state index in [1.54, 1.807) is 45.7 Å². The maximum Gasteiger partial charge on any atom is 0.258 e. The topological polar surface area (TPSA) is 165 Å². The van der Waals surface area contributed by atoms with Crippen LogP contribution in [-0.4, -0.2) is 83.7 Å². The summed E-state index contributed by atoms with van der Waals surface area (Å²) in [5, 5.41) is 29.0. The Labute approximate surface area is 221 Å². The molecule has 0 bridgehead atoms. The molecule has 3 aromatic rings. The van der Waals surface area contributed by atoms with Crippen LogP contribution >= 0.6 is 22.7 Å². The normalized spacial score (nSPS) is 16.2. The molecule has 1 aliphatic carbocycles. The minimum Gasteiger partial charge on any atom is -0.504 e. The zero-order chi connectivity index (χ0) is 27.4. The molecule has 0 saturated heterocycles. The number of nitrogen functional groups attached to an aromatic ring is 1. The van der Waals surface area contributed by atoms with E-state index in [1.807, 2.05) is 18.2 Å². The van der Waals surface area contributed by atoms with Gasteiger partial charge >= 0.3 is 0 Å². The molecular weight excluding hydrogens is 518 g/mol. The fraction of sp³-hybridized carbons (Fsp3) is 0.250. The second-order valence-corrected chi connectivity index (χ2v) is 10.2. The van der Waals surface area contributed by atoms with E-state index in [0.717, 1.165) is 28.4 Å². The number of aromatic hydroxyl groups is 2. The number of amides is 2. The monoisotopic (exact) mass is 545 g/mol. The summed E-state index contributed by atoms with van der Waals surface area (Å²) in [5.41, 5.74) is 6.52. The molecule has 1 aliphatic rings. The molecule has 1 fully saturated rings. The van der Waals surface area contributed by atoms with Gasteiger partial charge in [-0.15, -0.1) is 22.7 Å². The summed E-state index contributed by atoms with van der Waals surface area (Å²) in [6.07, 6.45) is 0. The van der Waals surface area contributed by atoms with Crippen LogP contribution in [0, 0.1) is 0 Å². The van der Waals surface area contributed by atoms with Crippen molar-refractivity contribution in [2.45, 2.75) is 12.1 Å². The van der Waals surface area contributed by atoms with Crippen LogP contribution < -0.4 is 16.4 Å². The van der Waals surface area contributed by atoms with Crippen LogP contribution in [-0.2, 0) is 9.59 Å². The highest BCUT2D eigenvalue weighted by molar-refractivity contribution is 7.15. The van der Waals surface area contributed by atoms with Crippen LogP contribution in [0.1, 0.15) is 20.7 Å². The van der Waals surface area contributed by atoms with E-state index < -0.39 is 23.7 Å². The first-order chi connectivity index (χ1) is 17.4. The Hall–Kier alpha value is -4.10. The summed E-state index contributed by atoms with van der Waals surface area (Å²) in [7, 11) is 6.41. The van der Waals surface area contributed by atoms with Gasteiger partial charge in [-0.1, -0.05) is 18.2 Å². The van der Waals surface area contributed by atoms with Crippen LogP contribution in [0.2, 0.25) is 0 Å². The van der Waals surface area contributed by atoms with E-state index >= 15 is 0 Å². The number of nitrogens with zero attached hydrogens (tertiary/aromatic N) is 2. The molecule has 13 heteroatoms. The molecule has 196 valence electrons. The number of benzene rings is 1. The lowest BCUT2D eigenvalue weighted by Gasteiger charge is -2.35. The predicted octanol–water partition coefficient (Wildman–Crippen LogP) is 2.31. The molecule has 2 atom stereocenters. The van der Waals surface area contributed by atoms with Crippen molar-refractivity contribution in [2.75, 3.05) is 44.6 Å². The number of nitrogens with two attached hydrogens (primary N) is 1. The lowest BCUT2D eigenvalue weighted by atomic mass is 9.83. The Kier molecular flexibility index (Phi) is 8.40. The summed E-state index contributed by atoms with van der Waals surface area (Å²) < 4.78 is 0. The summed E-state index contributed by atoms with van der Waals surface area (Å²) in [6.45, 7) is 0. The maximum absolute atomic E-state index is 12.0. The molecule has 37 heavy (non-hydrogen) atoms. The molecule has 4 rings (SSSR count). The number of carbonyl (C=O) groups is 4. The quantitative estimate of drug-likeness (QED) is 0.292. The molecule has 0 aliphatic heterocycles. The van der Waals surface area contributed by atoms with Gasteiger partial charge in [-0.05, 0) is 12.1 Å². The second kappa shape index (κ2) is 11.3. The van der Waals surface area contributed by atoms with Gasteiger partial charge in [0.25, 0.3) is 11.8 Å². The van der Waals surface area contributed by atoms with Crippen molar-refractivity contribution in [3.8, 4) is 11.5 Å². The fourth-order valence-corrected chi connectivity index (χ4v) is 4.82. The first kappa shape index (κ1) is 27.5. The molecule has 0 spiro atoms. The van der Waals surface area contributed by atoms with Crippen molar-refractivity contribution in [3.05, 3.63) is 52.2 Å². The van der Waals surface area contributed by atoms with Gasteiger partial charge in [0.2, 0.25) is 11.6 Å². The van der Waals surface area contributed by atoms with Crippen molar-refractivity contribution in [2.24, 2.45) is 0 Å². The van der Waals surface area contributed by atoms with Crippen molar-refractivity contribution in [3.63, 3.8) is 0 Å². The smallest absolute Gasteiger partial charge is 0.258 e. The minimum atomic E-state index is -0.792. The van der Waals surface area contributed by atoms with Gasteiger partial charge in [0.15, 0.2) is 11.5 Å². The Morgan fingerprint density at radius 3 is 1.78 bits per heavy atom. The summed E-state index contributed by atoms with van der Waals surface area (Å²) in [4.78, 5) is 49.8. The molecule has 1 aromatic carbocycles. The van der Waals surface area contributed by atoms with Gasteiger partial charge in [0.05, 0.1) is 11.1 Å². The number of Topliss-reactive ketones (excluding diaryl/α,β-unsaturated/α-hetero) is 2. The van der Waals surface area contributed by atoms with Crippen LogP contribution in [0.4, 0.5) is 15.7 Å². The largest absolute Gasteiger partial charge is 0.504 e. The maximum atomic E-state index is 12.0. The van der Waals surface area contributed by atoms with E-state index in [9.17, 15) is 29.4 Å². The van der Waals surface area contributed by atoms with Crippen LogP contribution in [0.5, 0.6) is 11.5 Å². The highest BCUT2D eigenvalue weighted by Gasteiger charge is 2.49. The Morgan fingerprint density at radius 2 is 1.30 bits per heavy atom. The average molecular weight is 546 g/mol. The van der Waals surface area contributed by atoms with Crippen LogP contribution in [0.15, 0.2) is 41.1 Å². The van der Waals surface area contributed by atoms with Gasteiger partial charge in [-0.3, -0.25) is 19.2 Å². The molecule has 11 nitrogen and oxygen atoms in total. The molecular formula is C24H27N5O6S2. The predicted molar refractivity (Wildman–Crippen MR) is 144 cm³/mol. The summed E-state index contributed by atoms with van der Waals surface area (Å²) in [5.74, 6) is -1.96. The molecule has 6 N–H and O–H groups in total. The standard InChI is InChI=1S/C17H17N3O4S.C7H10N2O2S/c1-20(2)17(24)10-8-25-16(13(10)21)19-12-11(14(22)15(12)23)18-9-6-4-3-5-7-9;1-9(2)7(11)4-3-12-6(8)5(4)10/h3-8,11-12,18-19,21H,1-2H3;3,10H,8H2,1-2H3. The van der Waals surface area contributed by atoms with Gasteiger partial charge in [0.1, 0.15) is 22.1 Å². The number of hydrogen-bond donors (Lipinski definition) is 5. The number of carbonyl (C=O) groups excluding carboxylic acids is 4. The first-order valence-corrected chi connectivity index (χ1v) is 12.7. The SMILES string of the molecule is CN(C)C(=O)c1csc(N)c1O.CN(C)C(=O)c1csc(NC2C(=O)C(=O)C2Nc2ccccc2)c1O. The number of para-hydroxylation sites is 1. The van der Waals surface area contributed by atoms with Crippen LogP contribution in [0.25, 0.3) is 0 Å². The molecule has 2 heterocycles. The van der Waals surface area contributed by atoms with Crippen molar-refractivity contribution >= 4 is 61.7 Å². The number of hydrogen-bond acceptors (Lipinski definition) is 11. The highest BCUT2D eigenvalue weighted by atomic mass is 32.1. The third-order valence-corrected chi connectivity index (χ3v) is 7.06. The molecule has 2 unspecified atom stereocenters. The lowest BCUT2D eigenvalue weighted by molar-refractivity contribution is -0.144. The average Bonchev–Trinajstić information content (AvgIpc) is 3.41. The minimum absolute atomic E-state index is 0.112. The van der Waals surface area contributed by atoms with E-state index in [-0.39, 0.29) is 44.4 Å². The number of anilines is 3. The van der Waals surface area contributed by atoms with Crippen molar-refractivity contribution in [1.82, 2.24) is 9.80 Å². The zero-order valence-corrected chi connectivity index (χ0v) is 22.1. The summed E-state index contributed by atoms with van der Waals surface area (Å²) in [6, 6.07) is 7.57. The Balaban J connectivity index is 0.000000266. The van der Waals surface area contributed by atoms with E-state index in [4.69, 9.17) is 5.73 Å². The molecule has 1 saturated carbocycles. The molecule has 0 radical (unpaired) electrons. The third kappa shape index (κ3) is 5.84. The number of rotatable bonds is 6. The van der Waals surface area contributed by atoms with E-state index in [2.05, 4.69) is 10.6 Å². The van der Waals surface area contributed by atoms with E-state index in [1.165, 1.54) is 15.2 Å². The molecule has 2 amide bonds. The van der Waals surface area contributed by atoms with Crippen molar-refractivity contribution in [1.29, 1.82) is 0 Å².